The predicted molar refractivity (Wildman–Crippen MR) is 127 cm³/mol. The van der Waals surface area contributed by atoms with E-state index in [9.17, 15) is 18.3 Å². The van der Waals surface area contributed by atoms with Gasteiger partial charge in [-0.2, -0.15) is 13.2 Å². The molecule has 1 aromatic heterocycles. The summed E-state index contributed by atoms with van der Waals surface area (Å²) in [7, 11) is 1.48. The summed E-state index contributed by atoms with van der Waals surface area (Å²) in [6, 6.07) is 10.5. The molecule has 1 aliphatic heterocycles. The van der Waals surface area contributed by atoms with Crippen LogP contribution in [-0.4, -0.2) is 40.7 Å². The van der Waals surface area contributed by atoms with Gasteiger partial charge in [0, 0.05) is 41.9 Å². The quantitative estimate of drug-likeness (QED) is 0.456. The van der Waals surface area contributed by atoms with Crippen molar-refractivity contribution >= 4 is 22.5 Å². The van der Waals surface area contributed by atoms with E-state index < -0.39 is 17.8 Å². The van der Waals surface area contributed by atoms with Crippen LogP contribution >= 0.6 is 11.6 Å². The molecule has 0 amide bonds. The second-order valence-corrected chi connectivity index (χ2v) is 10.2. The van der Waals surface area contributed by atoms with E-state index in [2.05, 4.69) is 30.7 Å². The number of pyridine rings is 1. The molecule has 1 aliphatic rings. The molecular formula is C26H28ClF3N2O2. The lowest BCUT2D eigenvalue weighted by Gasteiger charge is -2.49. The SMILES string of the molecule is COc1nc2ccc(C(O)C3CN(C(C)(C)C)C3)cc2c(Cl)c1Cc1ccc(C(F)(F)F)cc1. The Morgan fingerprint density at radius 3 is 2.32 bits per heavy atom. The summed E-state index contributed by atoms with van der Waals surface area (Å²) in [5.41, 5.74) is 1.99. The number of aliphatic hydroxyl groups excluding tert-OH is 1. The van der Waals surface area contributed by atoms with Crippen molar-refractivity contribution in [3.63, 3.8) is 0 Å². The second kappa shape index (κ2) is 9.02. The van der Waals surface area contributed by atoms with Crippen molar-refractivity contribution in [1.82, 2.24) is 9.88 Å². The van der Waals surface area contributed by atoms with Gasteiger partial charge in [-0.15, -0.1) is 0 Å². The molecule has 0 aliphatic carbocycles. The second-order valence-electron chi connectivity index (χ2n) is 9.84. The van der Waals surface area contributed by atoms with Crippen molar-refractivity contribution in [2.24, 2.45) is 5.92 Å². The molecule has 2 heterocycles. The highest BCUT2D eigenvalue weighted by atomic mass is 35.5. The standard InChI is InChI=1S/C26H28ClF3N2O2/c1-25(2,3)32-13-17(14-32)23(33)16-7-10-21-19(12-16)22(27)20(24(31-21)34-4)11-15-5-8-18(9-6-15)26(28,29)30/h5-10,12,17,23,33H,11,13-14H2,1-4H3. The van der Waals surface area contributed by atoms with E-state index in [1.54, 1.807) is 0 Å². The maximum absolute atomic E-state index is 12.9. The minimum atomic E-state index is -4.39. The van der Waals surface area contributed by atoms with Crippen LogP contribution in [0.15, 0.2) is 42.5 Å². The van der Waals surface area contributed by atoms with Crippen LogP contribution in [0.3, 0.4) is 0 Å². The first-order valence-electron chi connectivity index (χ1n) is 11.1. The third-order valence-corrected chi connectivity index (χ3v) is 6.94. The molecule has 1 N–H and O–H groups in total. The topological polar surface area (TPSA) is 45.6 Å². The zero-order chi connectivity index (χ0) is 24.8. The van der Waals surface area contributed by atoms with Crippen LogP contribution in [0.1, 0.15) is 49.1 Å². The van der Waals surface area contributed by atoms with Crippen LogP contribution in [0, 0.1) is 5.92 Å². The van der Waals surface area contributed by atoms with Crippen molar-refractivity contribution in [2.75, 3.05) is 20.2 Å². The number of halogens is 4. The molecule has 2 aromatic carbocycles. The van der Waals surface area contributed by atoms with E-state index in [4.69, 9.17) is 16.3 Å². The number of likely N-dealkylation sites (tertiary alicyclic amines) is 1. The Labute approximate surface area is 202 Å². The van der Waals surface area contributed by atoms with Gasteiger partial charge in [0.2, 0.25) is 5.88 Å². The maximum Gasteiger partial charge on any atom is 0.416 e. The molecule has 34 heavy (non-hydrogen) atoms. The summed E-state index contributed by atoms with van der Waals surface area (Å²) in [4.78, 5) is 6.88. The number of fused-ring (bicyclic) bond motifs is 1. The predicted octanol–water partition coefficient (Wildman–Crippen LogP) is 6.27. The molecule has 1 fully saturated rings. The van der Waals surface area contributed by atoms with E-state index in [1.165, 1.54) is 19.2 Å². The zero-order valence-electron chi connectivity index (χ0n) is 19.6. The van der Waals surface area contributed by atoms with Crippen LogP contribution in [0.5, 0.6) is 5.88 Å². The Hall–Kier alpha value is -2.35. The fraction of sp³-hybridized carbons (Fsp3) is 0.423. The third-order valence-electron chi connectivity index (χ3n) is 6.50. The lowest BCUT2D eigenvalue weighted by molar-refractivity contribution is -0.137. The average Bonchev–Trinajstić information content (AvgIpc) is 2.73. The summed E-state index contributed by atoms with van der Waals surface area (Å²) in [6.45, 7) is 8.10. The molecule has 182 valence electrons. The minimum absolute atomic E-state index is 0.0661. The number of aromatic nitrogens is 1. The van der Waals surface area contributed by atoms with Crippen molar-refractivity contribution in [3.8, 4) is 5.88 Å². The van der Waals surface area contributed by atoms with E-state index in [1.807, 2.05) is 18.2 Å². The van der Waals surface area contributed by atoms with E-state index in [-0.39, 0.29) is 17.9 Å². The highest BCUT2D eigenvalue weighted by Gasteiger charge is 2.38. The Balaban J connectivity index is 1.63. The van der Waals surface area contributed by atoms with Gasteiger partial charge in [-0.05, 0) is 56.2 Å². The highest BCUT2D eigenvalue weighted by molar-refractivity contribution is 6.36. The summed E-state index contributed by atoms with van der Waals surface area (Å²) < 4.78 is 44.1. The number of alkyl halides is 3. The summed E-state index contributed by atoms with van der Waals surface area (Å²) >= 11 is 6.78. The molecule has 8 heteroatoms. The Morgan fingerprint density at radius 1 is 1.12 bits per heavy atom. The molecular weight excluding hydrogens is 465 g/mol. The number of ether oxygens (including phenoxy) is 1. The molecule has 0 bridgehead atoms. The summed E-state index contributed by atoms with van der Waals surface area (Å²) in [5, 5.41) is 12.1. The van der Waals surface area contributed by atoms with Crippen LogP contribution in [-0.2, 0) is 12.6 Å². The minimum Gasteiger partial charge on any atom is -0.481 e. The first kappa shape index (κ1) is 24.8. The average molecular weight is 493 g/mol. The molecule has 0 saturated carbocycles. The smallest absolute Gasteiger partial charge is 0.416 e. The van der Waals surface area contributed by atoms with Crippen molar-refractivity contribution in [3.05, 3.63) is 69.7 Å². The fourth-order valence-electron chi connectivity index (χ4n) is 4.31. The molecule has 1 atom stereocenters. The van der Waals surface area contributed by atoms with Crippen molar-refractivity contribution in [2.45, 2.75) is 45.0 Å². The van der Waals surface area contributed by atoms with Crippen molar-refractivity contribution < 1.29 is 23.0 Å². The third kappa shape index (κ3) is 4.88. The van der Waals surface area contributed by atoms with Gasteiger partial charge in [0.25, 0.3) is 0 Å². The van der Waals surface area contributed by atoms with Gasteiger partial charge in [-0.1, -0.05) is 29.8 Å². The van der Waals surface area contributed by atoms with Crippen molar-refractivity contribution in [1.29, 1.82) is 0 Å². The molecule has 0 spiro atoms. The van der Waals surface area contributed by atoms with Gasteiger partial charge in [0.1, 0.15) is 0 Å². The number of nitrogens with zero attached hydrogens (tertiary/aromatic N) is 2. The number of hydrogen-bond donors (Lipinski definition) is 1. The number of hydrogen-bond acceptors (Lipinski definition) is 4. The van der Waals surface area contributed by atoms with Gasteiger partial charge in [0.15, 0.2) is 0 Å². The molecule has 4 rings (SSSR count). The van der Waals surface area contributed by atoms with E-state index >= 15 is 0 Å². The van der Waals surface area contributed by atoms with Gasteiger partial charge >= 0.3 is 6.18 Å². The number of aliphatic hydroxyl groups is 1. The van der Waals surface area contributed by atoms with Gasteiger partial charge in [-0.25, -0.2) is 4.98 Å². The normalized spacial score (nSPS) is 16.5. The van der Waals surface area contributed by atoms with Crippen LogP contribution in [0.25, 0.3) is 10.9 Å². The first-order chi connectivity index (χ1) is 15.9. The number of rotatable bonds is 5. The van der Waals surface area contributed by atoms with E-state index in [0.29, 0.717) is 32.9 Å². The van der Waals surface area contributed by atoms with Gasteiger partial charge in [0.05, 0.1) is 29.3 Å². The zero-order valence-corrected chi connectivity index (χ0v) is 20.3. The molecule has 1 saturated heterocycles. The largest absolute Gasteiger partial charge is 0.481 e. The molecule has 0 radical (unpaired) electrons. The monoisotopic (exact) mass is 492 g/mol. The summed E-state index contributed by atoms with van der Waals surface area (Å²) in [5.74, 6) is 0.457. The molecule has 4 nitrogen and oxygen atoms in total. The highest BCUT2D eigenvalue weighted by Crippen LogP contribution is 2.38. The Bertz CT molecular complexity index is 1180. The lowest BCUT2D eigenvalue weighted by atomic mass is 9.85. The molecule has 3 aromatic rings. The Kier molecular flexibility index (Phi) is 6.57. The van der Waals surface area contributed by atoms with Gasteiger partial charge in [-0.3, -0.25) is 4.90 Å². The van der Waals surface area contributed by atoms with Crippen LogP contribution in [0.2, 0.25) is 5.02 Å². The number of methoxy groups -OCH3 is 1. The number of benzene rings is 2. The summed E-state index contributed by atoms with van der Waals surface area (Å²) in [6.07, 6.45) is -4.75. The molecule has 1 unspecified atom stereocenters. The maximum atomic E-state index is 12.9. The lowest BCUT2D eigenvalue weighted by Crippen LogP contribution is -2.57. The van der Waals surface area contributed by atoms with Crippen LogP contribution < -0.4 is 4.74 Å². The first-order valence-corrected chi connectivity index (χ1v) is 11.5. The Morgan fingerprint density at radius 2 is 1.76 bits per heavy atom. The van der Waals surface area contributed by atoms with Crippen LogP contribution in [0.4, 0.5) is 13.2 Å². The fourth-order valence-corrected chi connectivity index (χ4v) is 4.61. The van der Waals surface area contributed by atoms with E-state index in [0.717, 1.165) is 30.8 Å². The van der Waals surface area contributed by atoms with Gasteiger partial charge < -0.3 is 9.84 Å².